The predicted molar refractivity (Wildman–Crippen MR) is 37.1 cm³/mol. The molecule has 1 aliphatic heterocycles. The molecule has 0 saturated carbocycles. The van der Waals surface area contributed by atoms with Crippen molar-refractivity contribution in [3.05, 3.63) is 12.2 Å². The van der Waals surface area contributed by atoms with Crippen LogP contribution in [0.2, 0.25) is 0 Å². The number of esters is 1. The third-order valence-electron chi connectivity index (χ3n) is 1.57. The highest BCUT2D eigenvalue weighted by Gasteiger charge is 2.41. The van der Waals surface area contributed by atoms with E-state index in [1.54, 1.807) is 0 Å². The average molecular weight is 172 g/mol. The molecule has 1 saturated heterocycles. The average Bonchev–Trinajstić information content (AvgIpc) is 2.32. The fraction of sp³-hybridized carbons (Fsp3) is 0.429. The third kappa shape index (κ3) is 1.24. The van der Waals surface area contributed by atoms with Crippen LogP contribution in [0.1, 0.15) is 0 Å². The van der Waals surface area contributed by atoms with E-state index in [0.717, 1.165) is 0 Å². The summed E-state index contributed by atoms with van der Waals surface area (Å²) in [7, 11) is 0. The fourth-order valence-electron chi connectivity index (χ4n) is 0.861. The zero-order valence-corrected chi connectivity index (χ0v) is 6.19. The van der Waals surface area contributed by atoms with Crippen LogP contribution in [0.15, 0.2) is 12.2 Å². The van der Waals surface area contributed by atoms with Crippen molar-refractivity contribution in [1.82, 2.24) is 0 Å². The lowest BCUT2D eigenvalue weighted by Gasteiger charge is -2.11. The number of hydrogen-bond acceptors (Lipinski definition) is 5. The number of carbonyl (C=O) groups is 2. The molecule has 1 heterocycles. The number of Topliss-reactive ketones (excluding diaryl/α,β-unsaturated/α-hetero) is 1. The van der Waals surface area contributed by atoms with E-state index in [9.17, 15) is 9.59 Å². The van der Waals surface area contributed by atoms with Gasteiger partial charge in [-0.05, 0) is 0 Å². The van der Waals surface area contributed by atoms with Crippen LogP contribution in [0.4, 0.5) is 0 Å². The molecule has 12 heavy (non-hydrogen) atoms. The zero-order valence-electron chi connectivity index (χ0n) is 6.19. The number of aliphatic hydroxyl groups is 2. The van der Waals surface area contributed by atoms with E-state index >= 15 is 0 Å². The van der Waals surface area contributed by atoms with Crippen LogP contribution in [0.25, 0.3) is 0 Å². The molecular weight excluding hydrogens is 164 g/mol. The first-order chi connectivity index (χ1) is 5.57. The normalized spacial score (nSPS) is 25.8. The molecular formula is C7H8O5. The maximum Gasteiger partial charge on any atom is 0.342 e. The van der Waals surface area contributed by atoms with Crippen molar-refractivity contribution < 1.29 is 24.5 Å². The molecule has 0 amide bonds. The molecule has 5 nitrogen and oxygen atoms in total. The number of ether oxygens (including phenoxy) is 1. The molecule has 0 spiro atoms. The predicted octanol–water partition coefficient (Wildman–Crippen LogP) is -1.61. The van der Waals surface area contributed by atoms with Gasteiger partial charge in [-0.15, -0.1) is 0 Å². The molecule has 0 aromatic rings. The topological polar surface area (TPSA) is 83.8 Å². The van der Waals surface area contributed by atoms with Crippen LogP contribution in [-0.4, -0.2) is 40.8 Å². The summed E-state index contributed by atoms with van der Waals surface area (Å²) in [6.45, 7) is 2.54. The lowest BCUT2D eigenvalue weighted by molar-refractivity contribution is -0.147. The maximum absolute atomic E-state index is 11.0. The summed E-state index contributed by atoms with van der Waals surface area (Å²) >= 11 is 0. The van der Waals surface area contributed by atoms with Gasteiger partial charge >= 0.3 is 5.97 Å². The standard InChI is InChI=1S/C7H8O5/c1-3-5(10)6(4(9)2-8)12-7(3)11/h4,6,8-9H,1-2H2. The molecule has 66 valence electrons. The number of cyclic esters (lactones) is 1. The number of carbonyl (C=O) groups excluding carboxylic acids is 2. The van der Waals surface area contributed by atoms with Gasteiger partial charge in [0, 0.05) is 0 Å². The maximum atomic E-state index is 11.0. The number of aliphatic hydroxyl groups excluding tert-OH is 2. The third-order valence-corrected chi connectivity index (χ3v) is 1.57. The summed E-state index contributed by atoms with van der Waals surface area (Å²) in [4.78, 5) is 21.7. The van der Waals surface area contributed by atoms with E-state index in [4.69, 9.17) is 10.2 Å². The second-order valence-electron chi connectivity index (χ2n) is 2.42. The van der Waals surface area contributed by atoms with E-state index < -0.39 is 30.6 Å². The smallest absolute Gasteiger partial charge is 0.342 e. The molecule has 2 unspecified atom stereocenters. The van der Waals surface area contributed by atoms with Gasteiger partial charge in [0.25, 0.3) is 0 Å². The number of rotatable bonds is 2. The van der Waals surface area contributed by atoms with Gasteiger partial charge in [0.1, 0.15) is 6.10 Å². The minimum Gasteiger partial charge on any atom is -0.447 e. The van der Waals surface area contributed by atoms with Gasteiger partial charge < -0.3 is 14.9 Å². The van der Waals surface area contributed by atoms with Crippen molar-refractivity contribution in [1.29, 1.82) is 0 Å². The van der Waals surface area contributed by atoms with Gasteiger partial charge in [-0.3, -0.25) is 4.79 Å². The Morgan fingerprint density at radius 2 is 2.17 bits per heavy atom. The largest absolute Gasteiger partial charge is 0.447 e. The molecule has 1 aliphatic rings. The Bertz CT molecular complexity index is 244. The van der Waals surface area contributed by atoms with Gasteiger partial charge in [-0.1, -0.05) is 6.58 Å². The van der Waals surface area contributed by atoms with Crippen LogP contribution < -0.4 is 0 Å². The van der Waals surface area contributed by atoms with E-state index in [1.165, 1.54) is 0 Å². The Morgan fingerprint density at radius 3 is 2.50 bits per heavy atom. The lowest BCUT2D eigenvalue weighted by Crippen LogP contribution is -2.34. The summed E-state index contributed by atoms with van der Waals surface area (Å²) in [5.41, 5.74) is -0.285. The summed E-state index contributed by atoms with van der Waals surface area (Å²) in [6, 6.07) is 0. The zero-order chi connectivity index (χ0) is 9.30. The minimum absolute atomic E-state index is 0.285. The van der Waals surface area contributed by atoms with Crippen molar-refractivity contribution in [2.45, 2.75) is 12.2 Å². The van der Waals surface area contributed by atoms with E-state index in [2.05, 4.69) is 11.3 Å². The fourth-order valence-corrected chi connectivity index (χ4v) is 0.861. The SMILES string of the molecule is C=C1C(=O)OC(C(O)CO)C1=O. The molecule has 0 radical (unpaired) electrons. The van der Waals surface area contributed by atoms with Gasteiger partial charge in [0.05, 0.1) is 12.2 Å². The first kappa shape index (κ1) is 8.89. The Morgan fingerprint density at radius 1 is 1.58 bits per heavy atom. The highest BCUT2D eigenvalue weighted by Crippen LogP contribution is 2.17. The number of hydrogen-bond donors (Lipinski definition) is 2. The van der Waals surface area contributed by atoms with Crippen molar-refractivity contribution in [2.24, 2.45) is 0 Å². The molecule has 2 atom stereocenters. The highest BCUT2D eigenvalue weighted by atomic mass is 16.6. The first-order valence-electron chi connectivity index (χ1n) is 3.31. The molecule has 0 aromatic carbocycles. The molecule has 0 bridgehead atoms. The van der Waals surface area contributed by atoms with Crippen LogP contribution in [-0.2, 0) is 14.3 Å². The van der Waals surface area contributed by atoms with Gasteiger partial charge in [-0.25, -0.2) is 4.79 Å². The summed E-state index contributed by atoms with van der Waals surface area (Å²) in [6.07, 6.45) is -2.64. The van der Waals surface area contributed by atoms with Crippen LogP contribution in [0.3, 0.4) is 0 Å². The summed E-state index contributed by atoms with van der Waals surface area (Å²) in [5.74, 6) is -1.50. The van der Waals surface area contributed by atoms with Gasteiger partial charge in [0.15, 0.2) is 6.10 Å². The molecule has 5 heteroatoms. The molecule has 1 fully saturated rings. The van der Waals surface area contributed by atoms with Crippen LogP contribution >= 0.6 is 0 Å². The van der Waals surface area contributed by atoms with E-state index in [-0.39, 0.29) is 5.57 Å². The van der Waals surface area contributed by atoms with Crippen LogP contribution in [0.5, 0.6) is 0 Å². The Balaban J connectivity index is 2.78. The van der Waals surface area contributed by atoms with Crippen molar-refractivity contribution in [2.75, 3.05) is 6.61 Å². The lowest BCUT2D eigenvalue weighted by atomic mass is 10.1. The van der Waals surface area contributed by atoms with Crippen molar-refractivity contribution in [3.63, 3.8) is 0 Å². The minimum atomic E-state index is -1.36. The van der Waals surface area contributed by atoms with Gasteiger partial charge in [-0.2, -0.15) is 0 Å². The molecule has 0 aromatic heterocycles. The summed E-state index contributed by atoms with van der Waals surface area (Å²) in [5, 5.41) is 17.4. The Kier molecular flexibility index (Phi) is 2.25. The van der Waals surface area contributed by atoms with Crippen LogP contribution in [0, 0.1) is 0 Å². The van der Waals surface area contributed by atoms with E-state index in [1.807, 2.05) is 0 Å². The second kappa shape index (κ2) is 3.04. The molecule has 1 rings (SSSR count). The van der Waals surface area contributed by atoms with E-state index in [0.29, 0.717) is 0 Å². The highest BCUT2D eigenvalue weighted by molar-refractivity contribution is 6.23. The Hall–Kier alpha value is -1.20. The summed E-state index contributed by atoms with van der Waals surface area (Å²) < 4.78 is 4.44. The molecule has 0 aliphatic carbocycles. The Labute approximate surface area is 68.3 Å². The first-order valence-corrected chi connectivity index (χ1v) is 3.31. The second-order valence-corrected chi connectivity index (χ2v) is 2.42. The van der Waals surface area contributed by atoms with Gasteiger partial charge in [0.2, 0.25) is 5.78 Å². The quantitative estimate of drug-likeness (QED) is 0.297. The number of ketones is 1. The van der Waals surface area contributed by atoms with Crippen molar-refractivity contribution >= 4 is 11.8 Å². The monoisotopic (exact) mass is 172 g/mol. The molecule has 2 N–H and O–H groups in total. The van der Waals surface area contributed by atoms with Crippen molar-refractivity contribution in [3.8, 4) is 0 Å².